The topological polar surface area (TPSA) is 50.7 Å². The van der Waals surface area contributed by atoms with E-state index >= 15 is 0 Å². The molecule has 0 unspecified atom stereocenters. The third-order valence-corrected chi connectivity index (χ3v) is 4.07. The molecule has 1 aromatic carbocycles. The number of hydrogen-bond acceptors (Lipinski definition) is 5. The minimum Gasteiger partial charge on any atom is -0.316 e. The summed E-state index contributed by atoms with van der Waals surface area (Å²) < 4.78 is 0. The molecular formula is C17H12N4S. The zero-order chi connectivity index (χ0) is 14.8. The van der Waals surface area contributed by atoms with E-state index in [1.54, 1.807) is 23.7 Å². The molecule has 0 saturated carbocycles. The number of nitrogens with one attached hydrogen (secondary N) is 1. The number of hydrogen-bond donors (Lipinski definition) is 1. The van der Waals surface area contributed by atoms with Crippen molar-refractivity contribution < 1.29 is 0 Å². The van der Waals surface area contributed by atoms with E-state index in [1.165, 1.54) is 0 Å². The van der Waals surface area contributed by atoms with Gasteiger partial charge in [0.1, 0.15) is 5.82 Å². The summed E-state index contributed by atoms with van der Waals surface area (Å²) in [4.78, 5) is 13.2. The Hall–Kier alpha value is -2.79. The Bertz CT molecular complexity index is 918. The summed E-state index contributed by atoms with van der Waals surface area (Å²) >= 11 is 1.56. The summed E-state index contributed by atoms with van der Waals surface area (Å²) in [6.45, 7) is 0. The van der Waals surface area contributed by atoms with Crippen molar-refractivity contribution in [3.8, 4) is 11.3 Å². The van der Waals surface area contributed by atoms with E-state index in [0.29, 0.717) is 0 Å². The standard InChI is InChI=1S/C17H12N4S/c1-2-4-14-12(3-1)5-6-16(19-14)21-17-20-15(11-22-17)13-7-9-18-10-8-13/h1-11H,(H,19,20,21). The van der Waals surface area contributed by atoms with Crippen molar-refractivity contribution in [2.75, 3.05) is 5.32 Å². The van der Waals surface area contributed by atoms with Crippen LogP contribution >= 0.6 is 11.3 Å². The highest BCUT2D eigenvalue weighted by Gasteiger charge is 2.05. The Morgan fingerprint density at radius 1 is 0.864 bits per heavy atom. The largest absolute Gasteiger partial charge is 0.316 e. The lowest BCUT2D eigenvalue weighted by atomic mass is 10.2. The number of thiazole rings is 1. The van der Waals surface area contributed by atoms with E-state index in [0.717, 1.165) is 33.1 Å². The zero-order valence-electron chi connectivity index (χ0n) is 11.6. The van der Waals surface area contributed by atoms with E-state index in [9.17, 15) is 0 Å². The maximum Gasteiger partial charge on any atom is 0.188 e. The first-order valence-electron chi connectivity index (χ1n) is 6.87. The predicted octanol–water partition coefficient (Wildman–Crippen LogP) is 4.50. The summed E-state index contributed by atoms with van der Waals surface area (Å²) in [6, 6.07) is 16.0. The Morgan fingerprint density at radius 3 is 2.64 bits per heavy atom. The van der Waals surface area contributed by atoms with Crippen molar-refractivity contribution >= 4 is 33.2 Å². The second kappa shape index (κ2) is 5.54. The molecule has 106 valence electrons. The van der Waals surface area contributed by atoms with Crippen LogP contribution in [-0.2, 0) is 0 Å². The fourth-order valence-corrected chi connectivity index (χ4v) is 2.96. The van der Waals surface area contributed by atoms with Crippen LogP contribution in [0.5, 0.6) is 0 Å². The maximum atomic E-state index is 4.60. The van der Waals surface area contributed by atoms with Gasteiger partial charge in [0.05, 0.1) is 11.2 Å². The molecule has 3 heterocycles. The van der Waals surface area contributed by atoms with Crippen LogP contribution in [0.15, 0.2) is 66.3 Å². The summed E-state index contributed by atoms with van der Waals surface area (Å²) in [6.07, 6.45) is 3.54. The number of benzene rings is 1. The van der Waals surface area contributed by atoms with Crippen LogP contribution < -0.4 is 5.32 Å². The van der Waals surface area contributed by atoms with Gasteiger partial charge >= 0.3 is 0 Å². The van der Waals surface area contributed by atoms with E-state index < -0.39 is 0 Å². The molecule has 4 aromatic rings. The van der Waals surface area contributed by atoms with Gasteiger partial charge in [0.15, 0.2) is 5.13 Å². The van der Waals surface area contributed by atoms with E-state index in [2.05, 4.69) is 32.4 Å². The number of pyridine rings is 2. The van der Waals surface area contributed by atoms with Gasteiger partial charge in [-0.1, -0.05) is 18.2 Å². The van der Waals surface area contributed by atoms with Crippen molar-refractivity contribution in [3.05, 3.63) is 66.3 Å². The van der Waals surface area contributed by atoms with E-state index in [-0.39, 0.29) is 0 Å². The van der Waals surface area contributed by atoms with Gasteiger partial charge < -0.3 is 5.32 Å². The molecule has 22 heavy (non-hydrogen) atoms. The first-order valence-corrected chi connectivity index (χ1v) is 7.75. The highest BCUT2D eigenvalue weighted by atomic mass is 32.1. The average molecular weight is 304 g/mol. The number of para-hydroxylation sites is 1. The van der Waals surface area contributed by atoms with Crippen molar-refractivity contribution in [3.63, 3.8) is 0 Å². The molecule has 0 aliphatic heterocycles. The minimum absolute atomic E-state index is 0.800. The molecule has 0 saturated heterocycles. The Kier molecular flexibility index (Phi) is 3.25. The van der Waals surface area contributed by atoms with Crippen molar-refractivity contribution in [2.24, 2.45) is 0 Å². The van der Waals surface area contributed by atoms with Gasteiger partial charge in [-0.3, -0.25) is 4.98 Å². The third kappa shape index (κ3) is 2.54. The van der Waals surface area contributed by atoms with Crippen LogP contribution in [0, 0.1) is 0 Å². The molecule has 0 fully saturated rings. The van der Waals surface area contributed by atoms with Crippen molar-refractivity contribution in [1.82, 2.24) is 15.0 Å². The molecule has 0 amide bonds. The fourth-order valence-electron chi connectivity index (χ4n) is 2.23. The molecule has 0 aliphatic carbocycles. The molecule has 1 N–H and O–H groups in total. The zero-order valence-corrected chi connectivity index (χ0v) is 12.4. The van der Waals surface area contributed by atoms with Crippen LogP contribution in [-0.4, -0.2) is 15.0 Å². The van der Waals surface area contributed by atoms with Gasteiger partial charge in [0.2, 0.25) is 0 Å². The van der Waals surface area contributed by atoms with Crippen molar-refractivity contribution in [2.45, 2.75) is 0 Å². The molecule has 0 atom stereocenters. The van der Waals surface area contributed by atoms with Gasteiger partial charge in [0, 0.05) is 28.7 Å². The van der Waals surface area contributed by atoms with E-state index in [1.807, 2.05) is 41.8 Å². The SMILES string of the molecule is c1ccc2nc(Nc3nc(-c4ccncc4)cs3)ccc2c1. The van der Waals surface area contributed by atoms with E-state index in [4.69, 9.17) is 0 Å². The number of rotatable bonds is 3. The molecule has 0 spiro atoms. The molecule has 4 nitrogen and oxygen atoms in total. The van der Waals surface area contributed by atoms with Gasteiger partial charge in [-0.15, -0.1) is 11.3 Å². The quantitative estimate of drug-likeness (QED) is 0.605. The van der Waals surface area contributed by atoms with Crippen LogP contribution in [0.3, 0.4) is 0 Å². The summed E-state index contributed by atoms with van der Waals surface area (Å²) in [5.74, 6) is 0.800. The molecule has 0 aliphatic rings. The first-order chi connectivity index (χ1) is 10.9. The molecule has 0 radical (unpaired) electrons. The number of fused-ring (bicyclic) bond motifs is 1. The van der Waals surface area contributed by atoms with Crippen LogP contribution in [0.25, 0.3) is 22.2 Å². The third-order valence-electron chi connectivity index (χ3n) is 3.31. The second-order valence-corrected chi connectivity index (χ2v) is 5.65. The highest BCUT2D eigenvalue weighted by molar-refractivity contribution is 7.14. The summed E-state index contributed by atoms with van der Waals surface area (Å²) in [7, 11) is 0. The van der Waals surface area contributed by atoms with Crippen LogP contribution in [0.1, 0.15) is 0 Å². The molecular weight excluding hydrogens is 292 g/mol. The monoisotopic (exact) mass is 304 g/mol. The molecule has 4 rings (SSSR count). The van der Waals surface area contributed by atoms with Gasteiger partial charge in [-0.2, -0.15) is 0 Å². The number of anilines is 2. The minimum atomic E-state index is 0.800. The molecule has 0 bridgehead atoms. The summed E-state index contributed by atoms with van der Waals surface area (Å²) in [5, 5.41) is 7.25. The Labute approximate surface area is 131 Å². The number of aromatic nitrogens is 3. The normalized spacial score (nSPS) is 10.7. The second-order valence-electron chi connectivity index (χ2n) is 4.79. The lowest BCUT2D eigenvalue weighted by Gasteiger charge is -2.03. The van der Waals surface area contributed by atoms with Crippen LogP contribution in [0.4, 0.5) is 10.9 Å². The Morgan fingerprint density at radius 2 is 1.73 bits per heavy atom. The predicted molar refractivity (Wildman–Crippen MR) is 90.4 cm³/mol. The van der Waals surface area contributed by atoms with Gasteiger partial charge in [0.25, 0.3) is 0 Å². The summed E-state index contributed by atoms with van der Waals surface area (Å²) in [5.41, 5.74) is 2.97. The van der Waals surface area contributed by atoms with Gasteiger partial charge in [-0.25, -0.2) is 9.97 Å². The number of nitrogens with zero attached hydrogens (tertiary/aromatic N) is 3. The Balaban J connectivity index is 1.61. The highest BCUT2D eigenvalue weighted by Crippen LogP contribution is 2.26. The van der Waals surface area contributed by atoms with Gasteiger partial charge in [-0.05, 0) is 30.3 Å². The first kappa shape index (κ1) is 12.9. The maximum absolute atomic E-state index is 4.60. The van der Waals surface area contributed by atoms with Crippen LogP contribution in [0.2, 0.25) is 0 Å². The fraction of sp³-hybridized carbons (Fsp3) is 0. The lowest BCUT2D eigenvalue weighted by molar-refractivity contribution is 1.30. The molecule has 5 heteroatoms. The molecule has 3 aromatic heterocycles. The lowest BCUT2D eigenvalue weighted by Crippen LogP contribution is -1.93. The average Bonchev–Trinajstić information content (AvgIpc) is 3.04. The smallest absolute Gasteiger partial charge is 0.188 e. The van der Waals surface area contributed by atoms with Crippen molar-refractivity contribution in [1.29, 1.82) is 0 Å².